The highest BCUT2D eigenvalue weighted by atomic mass is 79.9. The molecule has 1 nitrogen and oxygen atoms in total. The maximum absolute atomic E-state index is 13.0. The minimum Gasteiger partial charge on any atom is -0.497 e. The summed E-state index contributed by atoms with van der Waals surface area (Å²) in [6.45, 7) is 0. The van der Waals surface area contributed by atoms with Crippen molar-refractivity contribution in [3.63, 3.8) is 0 Å². The molecule has 0 saturated heterocycles. The summed E-state index contributed by atoms with van der Waals surface area (Å²) in [6.07, 6.45) is -4.66. The number of ether oxygens (including phenoxy) is 1. The molecule has 6 heteroatoms. The maximum Gasteiger partial charge on any atom is 0.417 e. The first-order valence-electron chi connectivity index (χ1n) is 5.45. The van der Waals surface area contributed by atoms with Crippen LogP contribution >= 0.6 is 15.9 Å². The van der Waals surface area contributed by atoms with Crippen molar-refractivity contribution >= 4 is 15.9 Å². The third-order valence-electron chi connectivity index (χ3n) is 2.66. The van der Waals surface area contributed by atoms with Gasteiger partial charge in [-0.05, 0) is 42.0 Å². The Morgan fingerprint density at radius 2 is 1.90 bits per heavy atom. The summed E-state index contributed by atoms with van der Waals surface area (Å²) in [4.78, 5) is 0. The molecule has 0 aliphatic heterocycles. The van der Waals surface area contributed by atoms with Crippen LogP contribution in [-0.2, 0) is 6.18 Å². The molecule has 0 amide bonds. The molecule has 105 valence electrons. The van der Waals surface area contributed by atoms with E-state index in [0.29, 0.717) is 16.3 Å². The van der Waals surface area contributed by atoms with E-state index >= 15 is 0 Å². The van der Waals surface area contributed by atoms with E-state index in [1.54, 1.807) is 0 Å². The second kappa shape index (κ2) is 5.44. The molecular formula is C14H8BrF4O. The third kappa shape index (κ3) is 2.95. The molecule has 0 saturated carbocycles. The van der Waals surface area contributed by atoms with Gasteiger partial charge in [-0.3, -0.25) is 0 Å². The van der Waals surface area contributed by atoms with Crippen molar-refractivity contribution in [3.05, 3.63) is 52.3 Å². The Labute approximate surface area is 121 Å². The molecule has 2 rings (SSSR count). The largest absolute Gasteiger partial charge is 0.497 e. The van der Waals surface area contributed by atoms with Gasteiger partial charge in [-0.1, -0.05) is 15.9 Å². The normalized spacial score (nSPS) is 11.5. The molecule has 20 heavy (non-hydrogen) atoms. The number of benzene rings is 2. The van der Waals surface area contributed by atoms with Crippen molar-refractivity contribution in [2.75, 3.05) is 7.11 Å². The first-order chi connectivity index (χ1) is 9.32. The van der Waals surface area contributed by atoms with E-state index in [-0.39, 0.29) is 11.1 Å². The van der Waals surface area contributed by atoms with Crippen LogP contribution in [0.5, 0.6) is 5.75 Å². The van der Waals surface area contributed by atoms with E-state index in [2.05, 4.69) is 22.0 Å². The van der Waals surface area contributed by atoms with Gasteiger partial charge >= 0.3 is 6.18 Å². The average Bonchev–Trinajstić information content (AvgIpc) is 2.38. The molecular weight excluding hydrogens is 340 g/mol. The molecule has 0 atom stereocenters. The lowest BCUT2D eigenvalue weighted by molar-refractivity contribution is -0.137. The van der Waals surface area contributed by atoms with E-state index in [1.807, 2.05) is 0 Å². The minimum atomic E-state index is -4.66. The number of rotatable bonds is 2. The van der Waals surface area contributed by atoms with Gasteiger partial charge < -0.3 is 4.74 Å². The first kappa shape index (κ1) is 14.8. The highest BCUT2D eigenvalue weighted by Gasteiger charge is 2.34. The van der Waals surface area contributed by atoms with Gasteiger partial charge in [-0.25, -0.2) is 4.39 Å². The molecule has 0 fully saturated rings. The first-order valence-corrected chi connectivity index (χ1v) is 6.24. The van der Waals surface area contributed by atoms with Gasteiger partial charge in [0, 0.05) is 10.0 Å². The minimum absolute atomic E-state index is 0.214. The second-order valence-corrected chi connectivity index (χ2v) is 4.80. The van der Waals surface area contributed by atoms with Gasteiger partial charge in [-0.2, -0.15) is 13.2 Å². The van der Waals surface area contributed by atoms with Gasteiger partial charge in [0.1, 0.15) is 11.6 Å². The molecule has 0 aromatic heterocycles. The third-order valence-corrected chi connectivity index (χ3v) is 3.31. The second-order valence-electron chi connectivity index (χ2n) is 3.95. The summed E-state index contributed by atoms with van der Waals surface area (Å²) in [5, 5.41) is 0. The zero-order chi connectivity index (χ0) is 14.9. The Morgan fingerprint density at radius 1 is 1.20 bits per heavy atom. The molecule has 2 aromatic rings. The lowest BCUT2D eigenvalue weighted by atomic mass is 9.99. The number of alkyl halides is 3. The molecule has 0 spiro atoms. The average molecular weight is 348 g/mol. The predicted molar refractivity (Wildman–Crippen MR) is 69.9 cm³/mol. The Bertz CT molecular complexity index is 638. The Morgan fingerprint density at radius 3 is 2.45 bits per heavy atom. The Hall–Kier alpha value is -1.56. The Kier molecular flexibility index (Phi) is 4.04. The van der Waals surface area contributed by atoms with Crippen molar-refractivity contribution in [1.29, 1.82) is 0 Å². The summed E-state index contributed by atoms with van der Waals surface area (Å²) in [6, 6.07) is 8.20. The SMILES string of the molecule is COc1ccc(-c2[c]cc(F)cc2C(F)(F)F)c(Br)c1. The topological polar surface area (TPSA) is 9.23 Å². The van der Waals surface area contributed by atoms with Crippen molar-refractivity contribution in [2.24, 2.45) is 0 Å². The molecule has 0 heterocycles. The fourth-order valence-corrected chi connectivity index (χ4v) is 2.30. The summed E-state index contributed by atoms with van der Waals surface area (Å²) in [7, 11) is 1.45. The van der Waals surface area contributed by atoms with Gasteiger partial charge in [0.15, 0.2) is 0 Å². The molecule has 0 unspecified atom stereocenters. The van der Waals surface area contributed by atoms with Gasteiger partial charge in [0.05, 0.1) is 12.7 Å². The highest BCUT2D eigenvalue weighted by Crippen LogP contribution is 2.40. The molecule has 2 aromatic carbocycles. The van der Waals surface area contributed by atoms with E-state index < -0.39 is 17.6 Å². The van der Waals surface area contributed by atoms with Gasteiger partial charge in [-0.15, -0.1) is 0 Å². The monoisotopic (exact) mass is 347 g/mol. The number of halogens is 5. The summed E-state index contributed by atoms with van der Waals surface area (Å²) in [5.41, 5.74) is -1.02. The zero-order valence-corrected chi connectivity index (χ0v) is 11.8. The zero-order valence-electron chi connectivity index (χ0n) is 10.2. The molecule has 0 aliphatic rings. The number of hydrogen-bond acceptors (Lipinski definition) is 1. The fourth-order valence-electron chi connectivity index (χ4n) is 1.74. The van der Waals surface area contributed by atoms with Crippen LogP contribution in [0.2, 0.25) is 0 Å². The lowest BCUT2D eigenvalue weighted by Crippen LogP contribution is -2.08. The quantitative estimate of drug-likeness (QED) is 0.688. The van der Waals surface area contributed by atoms with E-state index in [1.165, 1.54) is 25.3 Å². The van der Waals surface area contributed by atoms with E-state index in [4.69, 9.17) is 4.74 Å². The predicted octanol–water partition coefficient (Wildman–Crippen LogP) is 5.08. The standard InChI is InChI=1S/C14H8BrF4O/c1-20-9-3-5-11(13(15)7-9)10-4-2-8(16)6-12(10)14(17,18)19/h2-3,5-7H,1H3. The van der Waals surface area contributed by atoms with Crippen molar-refractivity contribution < 1.29 is 22.3 Å². The maximum atomic E-state index is 13.0. The van der Waals surface area contributed by atoms with Gasteiger partial charge in [0.25, 0.3) is 0 Å². The van der Waals surface area contributed by atoms with Crippen molar-refractivity contribution in [3.8, 4) is 16.9 Å². The van der Waals surface area contributed by atoms with E-state index in [9.17, 15) is 17.6 Å². The summed E-state index contributed by atoms with van der Waals surface area (Å²) in [5.74, 6) is -0.484. The molecule has 0 bridgehead atoms. The van der Waals surface area contributed by atoms with Crippen LogP contribution in [0, 0.1) is 11.9 Å². The van der Waals surface area contributed by atoms with Crippen LogP contribution < -0.4 is 4.74 Å². The molecule has 0 aliphatic carbocycles. The number of methoxy groups -OCH3 is 1. The number of hydrogen-bond donors (Lipinski definition) is 0. The summed E-state index contributed by atoms with van der Waals surface area (Å²) < 4.78 is 57.3. The lowest BCUT2D eigenvalue weighted by Gasteiger charge is -2.14. The van der Waals surface area contributed by atoms with Crippen LogP contribution in [-0.4, -0.2) is 7.11 Å². The van der Waals surface area contributed by atoms with E-state index in [0.717, 1.165) is 6.07 Å². The van der Waals surface area contributed by atoms with Crippen LogP contribution in [0.1, 0.15) is 5.56 Å². The molecule has 1 radical (unpaired) electrons. The fraction of sp³-hybridized carbons (Fsp3) is 0.143. The smallest absolute Gasteiger partial charge is 0.417 e. The summed E-state index contributed by atoms with van der Waals surface area (Å²) >= 11 is 3.18. The van der Waals surface area contributed by atoms with Crippen molar-refractivity contribution in [1.82, 2.24) is 0 Å². The Balaban J connectivity index is 2.64. The van der Waals surface area contributed by atoms with Gasteiger partial charge in [0.2, 0.25) is 0 Å². The van der Waals surface area contributed by atoms with Crippen LogP contribution in [0.15, 0.2) is 34.8 Å². The highest BCUT2D eigenvalue weighted by molar-refractivity contribution is 9.10. The van der Waals surface area contributed by atoms with Crippen LogP contribution in [0.25, 0.3) is 11.1 Å². The van der Waals surface area contributed by atoms with Crippen LogP contribution in [0.4, 0.5) is 17.6 Å². The molecule has 0 N–H and O–H groups in total. The van der Waals surface area contributed by atoms with Crippen molar-refractivity contribution in [2.45, 2.75) is 6.18 Å². The van der Waals surface area contributed by atoms with Crippen LogP contribution in [0.3, 0.4) is 0 Å².